The molecule has 2 aromatic carbocycles. The highest BCUT2D eigenvalue weighted by atomic mass is 32.2. The van der Waals surface area contributed by atoms with E-state index >= 15 is 0 Å². The molecule has 0 fully saturated rings. The van der Waals surface area contributed by atoms with Gasteiger partial charge in [-0.3, -0.25) is 0 Å². The molecule has 6 heteroatoms. The molecule has 0 radical (unpaired) electrons. The third kappa shape index (κ3) is 5.22. The van der Waals surface area contributed by atoms with Gasteiger partial charge in [0, 0.05) is 6.54 Å². The van der Waals surface area contributed by atoms with Crippen LogP contribution in [0, 0.1) is 13.8 Å². The molecule has 2 rings (SSSR count). The van der Waals surface area contributed by atoms with Crippen LogP contribution < -0.4 is 14.2 Å². The number of benzene rings is 2. The summed E-state index contributed by atoms with van der Waals surface area (Å²) in [4.78, 5) is 0.333. The molecule has 0 saturated carbocycles. The van der Waals surface area contributed by atoms with Crippen LogP contribution in [0.3, 0.4) is 0 Å². The normalized spacial score (nSPS) is 11.4. The standard InChI is InChI=1S/C20H27NO4S/c1-5-24-18-10-9-17(14-19(18)25-6-2)11-12-21-26(22,23)20-13-15(3)7-8-16(20)4/h7-10,13-14,21H,5-6,11-12H2,1-4H3. The SMILES string of the molecule is CCOc1ccc(CCNS(=O)(=O)c2cc(C)ccc2C)cc1OCC. The minimum absolute atomic E-state index is 0.315. The number of hydrogen-bond acceptors (Lipinski definition) is 4. The van der Waals surface area contributed by atoms with E-state index in [1.807, 2.05) is 51.1 Å². The molecular formula is C20H27NO4S. The molecule has 0 heterocycles. The number of rotatable bonds is 9. The molecule has 0 aliphatic carbocycles. The van der Waals surface area contributed by atoms with Crippen molar-refractivity contribution >= 4 is 10.0 Å². The number of ether oxygens (including phenoxy) is 2. The lowest BCUT2D eigenvalue weighted by Crippen LogP contribution is -2.26. The average Bonchev–Trinajstić information content (AvgIpc) is 2.59. The van der Waals surface area contributed by atoms with Gasteiger partial charge >= 0.3 is 0 Å². The lowest BCUT2D eigenvalue weighted by molar-refractivity contribution is 0.287. The van der Waals surface area contributed by atoms with E-state index in [1.165, 1.54) is 0 Å². The first-order valence-corrected chi connectivity index (χ1v) is 10.3. The Morgan fingerprint density at radius 3 is 2.31 bits per heavy atom. The fourth-order valence-corrected chi connectivity index (χ4v) is 4.01. The van der Waals surface area contributed by atoms with Gasteiger partial charge in [-0.1, -0.05) is 18.2 Å². The number of nitrogens with one attached hydrogen (secondary N) is 1. The molecule has 2 aromatic rings. The van der Waals surface area contributed by atoms with Gasteiger partial charge in [-0.15, -0.1) is 0 Å². The van der Waals surface area contributed by atoms with Crippen LogP contribution >= 0.6 is 0 Å². The van der Waals surface area contributed by atoms with Crippen molar-refractivity contribution in [1.82, 2.24) is 4.72 Å². The Kier molecular flexibility index (Phi) is 7.06. The van der Waals surface area contributed by atoms with Gasteiger partial charge in [-0.05, 0) is 69.0 Å². The molecule has 0 aromatic heterocycles. The second kappa shape index (κ2) is 9.05. The maximum Gasteiger partial charge on any atom is 0.240 e. The molecular weight excluding hydrogens is 350 g/mol. The molecule has 5 nitrogen and oxygen atoms in total. The summed E-state index contributed by atoms with van der Waals surface area (Å²) >= 11 is 0. The number of aryl methyl sites for hydroxylation is 2. The first-order valence-electron chi connectivity index (χ1n) is 8.82. The molecule has 0 saturated heterocycles. The minimum Gasteiger partial charge on any atom is -0.490 e. The summed E-state index contributed by atoms with van der Waals surface area (Å²) in [5.41, 5.74) is 2.65. The Morgan fingerprint density at radius 2 is 1.62 bits per heavy atom. The quantitative estimate of drug-likeness (QED) is 0.725. The fraction of sp³-hybridized carbons (Fsp3) is 0.400. The summed E-state index contributed by atoms with van der Waals surface area (Å²) in [5, 5.41) is 0. The van der Waals surface area contributed by atoms with E-state index < -0.39 is 10.0 Å². The van der Waals surface area contributed by atoms with Crippen molar-refractivity contribution in [2.75, 3.05) is 19.8 Å². The van der Waals surface area contributed by atoms with Crippen molar-refractivity contribution in [1.29, 1.82) is 0 Å². The molecule has 0 bridgehead atoms. The van der Waals surface area contributed by atoms with E-state index in [1.54, 1.807) is 13.0 Å². The first-order chi connectivity index (χ1) is 12.4. The highest BCUT2D eigenvalue weighted by Crippen LogP contribution is 2.28. The highest BCUT2D eigenvalue weighted by molar-refractivity contribution is 7.89. The van der Waals surface area contributed by atoms with Crippen molar-refractivity contribution in [3.05, 3.63) is 53.1 Å². The summed E-state index contributed by atoms with van der Waals surface area (Å²) in [5.74, 6) is 1.39. The van der Waals surface area contributed by atoms with Crippen LogP contribution in [0.2, 0.25) is 0 Å². The Labute approximate surface area is 156 Å². The third-order valence-electron chi connectivity index (χ3n) is 3.95. The molecule has 0 spiro atoms. The number of hydrogen-bond donors (Lipinski definition) is 1. The fourth-order valence-electron chi connectivity index (χ4n) is 2.66. The third-order valence-corrected chi connectivity index (χ3v) is 5.55. The Bertz CT molecular complexity index is 847. The van der Waals surface area contributed by atoms with E-state index in [-0.39, 0.29) is 0 Å². The van der Waals surface area contributed by atoms with Crippen LogP contribution in [0.5, 0.6) is 11.5 Å². The van der Waals surface area contributed by atoms with Gasteiger partial charge in [0.15, 0.2) is 11.5 Å². The molecule has 26 heavy (non-hydrogen) atoms. The number of sulfonamides is 1. The second-order valence-corrected chi connectivity index (χ2v) is 7.80. The summed E-state index contributed by atoms with van der Waals surface area (Å²) in [6.07, 6.45) is 0.566. The molecule has 142 valence electrons. The predicted molar refractivity (Wildman–Crippen MR) is 104 cm³/mol. The lowest BCUT2D eigenvalue weighted by Gasteiger charge is -2.13. The van der Waals surface area contributed by atoms with Crippen LogP contribution in [-0.4, -0.2) is 28.2 Å². The van der Waals surface area contributed by atoms with Crippen molar-refractivity contribution in [2.24, 2.45) is 0 Å². The van der Waals surface area contributed by atoms with E-state index in [2.05, 4.69) is 4.72 Å². The van der Waals surface area contributed by atoms with E-state index in [4.69, 9.17) is 9.47 Å². The second-order valence-electron chi connectivity index (χ2n) is 6.06. The summed E-state index contributed by atoms with van der Waals surface area (Å²) in [6, 6.07) is 11.1. The Balaban J connectivity index is 2.07. The van der Waals surface area contributed by atoms with Crippen LogP contribution in [0.15, 0.2) is 41.3 Å². The van der Waals surface area contributed by atoms with Gasteiger partial charge in [0.25, 0.3) is 0 Å². The Morgan fingerprint density at radius 1 is 0.923 bits per heavy atom. The van der Waals surface area contributed by atoms with Crippen LogP contribution in [-0.2, 0) is 16.4 Å². The first kappa shape index (κ1) is 20.3. The maximum atomic E-state index is 12.5. The van der Waals surface area contributed by atoms with Crippen molar-refractivity contribution in [3.63, 3.8) is 0 Å². The van der Waals surface area contributed by atoms with Crippen molar-refractivity contribution in [2.45, 2.75) is 39.0 Å². The van der Waals surface area contributed by atoms with Gasteiger partial charge in [0.1, 0.15) is 0 Å². The highest BCUT2D eigenvalue weighted by Gasteiger charge is 2.16. The maximum absolute atomic E-state index is 12.5. The molecule has 0 atom stereocenters. The van der Waals surface area contributed by atoms with Gasteiger partial charge < -0.3 is 9.47 Å². The van der Waals surface area contributed by atoms with Gasteiger partial charge in [-0.25, -0.2) is 13.1 Å². The molecule has 0 aliphatic heterocycles. The van der Waals surface area contributed by atoms with E-state index in [0.717, 1.165) is 16.7 Å². The smallest absolute Gasteiger partial charge is 0.240 e. The topological polar surface area (TPSA) is 64.6 Å². The molecule has 0 amide bonds. The largest absolute Gasteiger partial charge is 0.490 e. The predicted octanol–water partition coefficient (Wildman–Crippen LogP) is 3.62. The summed E-state index contributed by atoms with van der Waals surface area (Å²) in [6.45, 7) is 8.95. The zero-order chi connectivity index (χ0) is 19.2. The van der Waals surface area contributed by atoms with Gasteiger partial charge in [-0.2, -0.15) is 0 Å². The van der Waals surface area contributed by atoms with Crippen LogP contribution in [0.1, 0.15) is 30.5 Å². The monoisotopic (exact) mass is 377 g/mol. The van der Waals surface area contributed by atoms with E-state index in [9.17, 15) is 8.42 Å². The van der Waals surface area contributed by atoms with Crippen molar-refractivity contribution < 1.29 is 17.9 Å². The zero-order valence-corrected chi connectivity index (χ0v) is 16.7. The molecule has 0 unspecified atom stereocenters. The van der Waals surface area contributed by atoms with Gasteiger partial charge in [0.05, 0.1) is 18.1 Å². The Hall–Kier alpha value is -2.05. The molecule has 1 N–H and O–H groups in total. The summed E-state index contributed by atoms with van der Waals surface area (Å²) < 4.78 is 38.9. The van der Waals surface area contributed by atoms with Crippen molar-refractivity contribution in [3.8, 4) is 11.5 Å². The summed E-state index contributed by atoms with van der Waals surface area (Å²) in [7, 11) is -3.53. The minimum atomic E-state index is -3.53. The average molecular weight is 378 g/mol. The van der Waals surface area contributed by atoms with Gasteiger partial charge in [0.2, 0.25) is 10.0 Å². The van der Waals surface area contributed by atoms with Crippen LogP contribution in [0.4, 0.5) is 0 Å². The lowest BCUT2D eigenvalue weighted by atomic mass is 10.1. The van der Waals surface area contributed by atoms with E-state index in [0.29, 0.717) is 42.6 Å². The molecule has 0 aliphatic rings. The zero-order valence-electron chi connectivity index (χ0n) is 15.8. The van der Waals surface area contributed by atoms with Crippen LogP contribution in [0.25, 0.3) is 0 Å².